The van der Waals surface area contributed by atoms with Crippen molar-refractivity contribution >= 4 is 35.1 Å². The molecule has 1 amide bonds. The molecule has 0 radical (unpaired) electrons. The fourth-order valence-corrected chi connectivity index (χ4v) is 5.69. The van der Waals surface area contributed by atoms with Gasteiger partial charge in [0.25, 0.3) is 0 Å². The van der Waals surface area contributed by atoms with Crippen LogP contribution in [0.3, 0.4) is 0 Å². The summed E-state index contributed by atoms with van der Waals surface area (Å²) in [5, 5.41) is 5.59. The number of nitrogens with one attached hydrogen (secondary N) is 1. The lowest BCUT2D eigenvalue weighted by Gasteiger charge is -2.15. The van der Waals surface area contributed by atoms with Crippen molar-refractivity contribution in [3.63, 3.8) is 0 Å². The van der Waals surface area contributed by atoms with Gasteiger partial charge in [-0.25, -0.2) is 9.97 Å². The molecule has 2 atom stereocenters. The minimum atomic E-state index is 0.000428. The number of thioether (sulfide) groups is 2. The Hall–Kier alpha value is -1.53. The van der Waals surface area contributed by atoms with Crippen molar-refractivity contribution in [2.75, 3.05) is 11.1 Å². The summed E-state index contributed by atoms with van der Waals surface area (Å²) in [4.78, 5) is 21.7. The molecule has 2 heterocycles. The summed E-state index contributed by atoms with van der Waals surface area (Å²) in [7, 11) is 0. The van der Waals surface area contributed by atoms with E-state index in [4.69, 9.17) is 0 Å². The molecule has 1 aromatic carbocycles. The van der Waals surface area contributed by atoms with Gasteiger partial charge >= 0.3 is 0 Å². The van der Waals surface area contributed by atoms with Crippen LogP contribution in [-0.2, 0) is 4.79 Å². The van der Waals surface area contributed by atoms with Crippen molar-refractivity contribution in [3.8, 4) is 0 Å². The van der Waals surface area contributed by atoms with Crippen molar-refractivity contribution in [2.45, 2.75) is 62.3 Å². The van der Waals surface area contributed by atoms with Gasteiger partial charge in [-0.05, 0) is 44.4 Å². The van der Waals surface area contributed by atoms with Crippen molar-refractivity contribution in [1.29, 1.82) is 0 Å². The predicted molar refractivity (Wildman–Crippen MR) is 110 cm³/mol. The van der Waals surface area contributed by atoms with Crippen LogP contribution in [0.25, 0.3) is 0 Å². The second kappa shape index (κ2) is 8.01. The van der Waals surface area contributed by atoms with Gasteiger partial charge in [-0.15, -0.1) is 11.8 Å². The summed E-state index contributed by atoms with van der Waals surface area (Å²) in [6.45, 7) is 10.5. The Morgan fingerprint density at radius 3 is 2.77 bits per heavy atom. The molecule has 1 aromatic heterocycles. The minimum Gasteiger partial charge on any atom is -0.325 e. The first-order chi connectivity index (χ1) is 12.4. The molecule has 1 aliphatic heterocycles. The van der Waals surface area contributed by atoms with E-state index < -0.39 is 0 Å². The van der Waals surface area contributed by atoms with Gasteiger partial charge in [0.05, 0.1) is 5.75 Å². The molecule has 1 aliphatic rings. The number of carbonyl (C=O) groups excluding carboxylic acids is 1. The molecular weight excluding hydrogens is 362 g/mol. The molecule has 0 saturated heterocycles. The molecule has 6 heteroatoms. The molecule has 0 bridgehead atoms. The highest BCUT2D eigenvalue weighted by atomic mass is 32.2. The third kappa shape index (κ3) is 3.91. The zero-order valence-electron chi connectivity index (χ0n) is 15.9. The van der Waals surface area contributed by atoms with Gasteiger partial charge < -0.3 is 5.32 Å². The van der Waals surface area contributed by atoms with Gasteiger partial charge in [-0.2, -0.15) is 0 Å². The number of carbonyl (C=O) groups is 1. The average Bonchev–Trinajstić information content (AvgIpc) is 2.91. The van der Waals surface area contributed by atoms with E-state index in [0.29, 0.717) is 16.9 Å². The third-order valence-electron chi connectivity index (χ3n) is 4.88. The Bertz CT molecular complexity index is 838. The zero-order valence-corrected chi connectivity index (χ0v) is 17.6. The van der Waals surface area contributed by atoms with E-state index in [1.165, 1.54) is 22.9 Å². The number of nitrogens with zero attached hydrogens (tertiary/aromatic N) is 2. The monoisotopic (exact) mass is 387 g/mol. The van der Waals surface area contributed by atoms with E-state index in [1.54, 1.807) is 0 Å². The zero-order chi connectivity index (χ0) is 18.8. The Morgan fingerprint density at radius 2 is 2.04 bits per heavy atom. The largest absolute Gasteiger partial charge is 0.325 e. The second-order valence-electron chi connectivity index (χ2n) is 6.72. The quantitative estimate of drug-likeness (QED) is 0.570. The van der Waals surface area contributed by atoms with Gasteiger partial charge in [0.2, 0.25) is 5.91 Å². The molecule has 0 aliphatic carbocycles. The highest BCUT2D eigenvalue weighted by Crippen LogP contribution is 2.48. The van der Waals surface area contributed by atoms with Crippen LogP contribution in [-0.4, -0.2) is 26.9 Å². The van der Waals surface area contributed by atoms with Crippen LogP contribution in [0.5, 0.6) is 0 Å². The van der Waals surface area contributed by atoms with Crippen LogP contribution in [0.15, 0.2) is 28.3 Å². The van der Waals surface area contributed by atoms with Crippen LogP contribution in [0.2, 0.25) is 0 Å². The minimum absolute atomic E-state index is 0.000428. The van der Waals surface area contributed by atoms with Crippen molar-refractivity contribution in [3.05, 3.63) is 40.7 Å². The van der Waals surface area contributed by atoms with Crippen molar-refractivity contribution < 1.29 is 4.79 Å². The summed E-state index contributed by atoms with van der Waals surface area (Å²) in [5.74, 6) is 1.59. The first-order valence-corrected chi connectivity index (χ1v) is 10.8. The molecule has 2 aromatic rings. The SMILES string of the molecule is CC[C@H]1c2c(SCC(=O)Nc3cccc(C)c3C)nc(C)nc2S[C@H]1C. The third-order valence-corrected chi connectivity index (χ3v) is 7.11. The molecule has 0 unspecified atom stereocenters. The summed E-state index contributed by atoms with van der Waals surface area (Å²) >= 11 is 3.35. The maximum absolute atomic E-state index is 12.5. The average molecular weight is 388 g/mol. The number of hydrogen-bond acceptors (Lipinski definition) is 5. The number of rotatable bonds is 5. The standard InChI is InChI=1S/C20H25N3OS2/c1-6-15-13(4)26-20-18(15)19(21-14(5)22-20)25-10-17(24)23-16-9-7-8-11(2)12(16)3/h7-9,13,15H,6,10H2,1-5H3,(H,23,24)/t13-,15+/m0/s1. The number of hydrogen-bond donors (Lipinski definition) is 1. The van der Waals surface area contributed by atoms with E-state index in [9.17, 15) is 4.79 Å². The molecule has 1 N–H and O–H groups in total. The van der Waals surface area contributed by atoms with Crippen LogP contribution < -0.4 is 5.32 Å². The van der Waals surface area contributed by atoms with Crippen LogP contribution in [0, 0.1) is 20.8 Å². The number of benzene rings is 1. The molecule has 0 fully saturated rings. The maximum atomic E-state index is 12.5. The van der Waals surface area contributed by atoms with Gasteiger partial charge in [-0.3, -0.25) is 4.79 Å². The first kappa shape index (κ1) is 19.2. The Labute approximate surface area is 164 Å². The summed E-state index contributed by atoms with van der Waals surface area (Å²) in [5.41, 5.74) is 4.41. The van der Waals surface area contributed by atoms with Crippen molar-refractivity contribution in [2.24, 2.45) is 0 Å². The summed E-state index contributed by atoms with van der Waals surface area (Å²) in [6, 6.07) is 5.97. The molecule has 138 valence electrons. The maximum Gasteiger partial charge on any atom is 0.234 e. The van der Waals surface area contributed by atoms with Crippen LogP contribution in [0.4, 0.5) is 5.69 Å². The lowest BCUT2D eigenvalue weighted by atomic mass is 9.96. The smallest absolute Gasteiger partial charge is 0.234 e. The summed E-state index contributed by atoms with van der Waals surface area (Å²) in [6.07, 6.45) is 1.07. The second-order valence-corrected chi connectivity index (χ2v) is 9.05. The summed E-state index contributed by atoms with van der Waals surface area (Å²) < 4.78 is 0. The number of fused-ring (bicyclic) bond motifs is 1. The van der Waals surface area contributed by atoms with Gasteiger partial charge in [0.15, 0.2) is 0 Å². The Balaban J connectivity index is 1.74. The topological polar surface area (TPSA) is 54.9 Å². The fourth-order valence-electron chi connectivity index (χ4n) is 3.28. The molecule has 3 rings (SSSR count). The van der Waals surface area contributed by atoms with E-state index in [0.717, 1.165) is 33.5 Å². The molecule has 0 spiro atoms. The fraction of sp³-hybridized carbons (Fsp3) is 0.450. The molecular formula is C20H25N3OS2. The van der Waals surface area contributed by atoms with E-state index in [1.807, 2.05) is 37.7 Å². The van der Waals surface area contributed by atoms with Gasteiger partial charge in [0.1, 0.15) is 15.9 Å². The lowest BCUT2D eigenvalue weighted by molar-refractivity contribution is -0.113. The van der Waals surface area contributed by atoms with Gasteiger partial charge in [-0.1, -0.05) is 37.7 Å². The Morgan fingerprint density at radius 1 is 1.27 bits per heavy atom. The number of aryl methyl sites for hydroxylation is 2. The highest BCUT2D eigenvalue weighted by Gasteiger charge is 2.33. The van der Waals surface area contributed by atoms with E-state index in [-0.39, 0.29) is 5.91 Å². The van der Waals surface area contributed by atoms with Crippen LogP contribution in [0.1, 0.15) is 48.7 Å². The highest BCUT2D eigenvalue weighted by molar-refractivity contribution is 8.01. The Kier molecular flexibility index (Phi) is 5.92. The normalized spacial score (nSPS) is 18.7. The molecule has 0 saturated carbocycles. The number of amides is 1. The predicted octanol–water partition coefficient (Wildman–Crippen LogP) is 5.12. The molecule has 26 heavy (non-hydrogen) atoms. The van der Waals surface area contributed by atoms with Gasteiger partial charge in [0, 0.05) is 22.4 Å². The van der Waals surface area contributed by atoms with Crippen LogP contribution >= 0.6 is 23.5 Å². The van der Waals surface area contributed by atoms with E-state index in [2.05, 4.69) is 42.1 Å². The molecule has 4 nitrogen and oxygen atoms in total. The number of anilines is 1. The van der Waals surface area contributed by atoms with Crippen molar-refractivity contribution in [1.82, 2.24) is 9.97 Å². The van der Waals surface area contributed by atoms with E-state index >= 15 is 0 Å². The number of aromatic nitrogens is 2. The first-order valence-electron chi connectivity index (χ1n) is 8.94. The lowest BCUT2D eigenvalue weighted by Crippen LogP contribution is -2.16.